The van der Waals surface area contributed by atoms with Crippen LogP contribution >= 0.6 is 0 Å². The molecule has 1 saturated carbocycles. The molecule has 0 aromatic carbocycles. The number of nitrogens with zero attached hydrogens (tertiary/aromatic N) is 4. The topological polar surface area (TPSA) is 53.9 Å². The van der Waals surface area contributed by atoms with Crippen molar-refractivity contribution in [2.75, 3.05) is 26.0 Å². The van der Waals surface area contributed by atoms with Crippen LogP contribution in [0.5, 0.6) is 0 Å². The Bertz CT molecular complexity index is 398. The minimum Gasteiger partial charge on any atom is -0.351 e. The third-order valence-electron chi connectivity index (χ3n) is 3.90. The molecule has 5 heteroatoms. The Balaban J connectivity index is 1.99. The smallest absolute Gasteiger partial charge is 0.243 e. The molecule has 5 nitrogen and oxygen atoms in total. The summed E-state index contributed by atoms with van der Waals surface area (Å²) in [6.07, 6.45) is 3.79. The van der Waals surface area contributed by atoms with E-state index in [1.807, 2.05) is 13.8 Å². The first-order chi connectivity index (χ1) is 8.03. The van der Waals surface area contributed by atoms with E-state index in [2.05, 4.69) is 39.5 Å². The Kier molecular flexibility index (Phi) is 3.28. The van der Waals surface area contributed by atoms with Gasteiger partial charge in [0.25, 0.3) is 0 Å². The molecule has 1 aliphatic rings. The summed E-state index contributed by atoms with van der Waals surface area (Å²) in [6, 6.07) is 0. The van der Waals surface area contributed by atoms with Crippen molar-refractivity contribution in [3.8, 4) is 0 Å². The number of aromatic nitrogens is 3. The van der Waals surface area contributed by atoms with Gasteiger partial charge in [-0.1, -0.05) is 0 Å². The fourth-order valence-corrected chi connectivity index (χ4v) is 2.14. The number of anilines is 1. The Morgan fingerprint density at radius 3 is 2.35 bits per heavy atom. The van der Waals surface area contributed by atoms with E-state index in [-0.39, 0.29) is 5.54 Å². The average Bonchev–Trinajstić information content (AvgIpc) is 2.21. The zero-order valence-corrected chi connectivity index (χ0v) is 11.1. The lowest BCUT2D eigenvalue weighted by atomic mass is 9.75. The van der Waals surface area contributed by atoms with Crippen LogP contribution in [-0.2, 0) is 0 Å². The predicted octanol–water partition coefficient (Wildman–Crippen LogP) is 1.38. The van der Waals surface area contributed by atoms with Crippen molar-refractivity contribution in [2.45, 2.75) is 38.6 Å². The van der Waals surface area contributed by atoms with E-state index >= 15 is 0 Å². The molecule has 0 bridgehead atoms. The summed E-state index contributed by atoms with van der Waals surface area (Å²) in [5, 5.41) is 11.5. The summed E-state index contributed by atoms with van der Waals surface area (Å²) in [4.78, 5) is 6.69. The van der Waals surface area contributed by atoms with Gasteiger partial charge in [-0.05, 0) is 47.2 Å². The highest BCUT2D eigenvalue weighted by atomic mass is 15.3. The van der Waals surface area contributed by atoms with Gasteiger partial charge < -0.3 is 10.2 Å². The van der Waals surface area contributed by atoms with E-state index < -0.39 is 0 Å². The van der Waals surface area contributed by atoms with Crippen molar-refractivity contribution in [2.24, 2.45) is 0 Å². The van der Waals surface area contributed by atoms with Crippen LogP contribution in [0, 0.1) is 13.8 Å². The first-order valence-electron chi connectivity index (χ1n) is 6.13. The molecule has 0 amide bonds. The van der Waals surface area contributed by atoms with E-state index in [9.17, 15) is 0 Å². The predicted molar refractivity (Wildman–Crippen MR) is 68.1 cm³/mol. The minimum atomic E-state index is 0.280. The average molecular weight is 235 g/mol. The Morgan fingerprint density at radius 1 is 1.18 bits per heavy atom. The molecule has 1 fully saturated rings. The second-order valence-corrected chi connectivity index (χ2v) is 5.13. The van der Waals surface area contributed by atoms with Crippen molar-refractivity contribution < 1.29 is 0 Å². The molecule has 1 heterocycles. The molecule has 0 saturated heterocycles. The van der Waals surface area contributed by atoms with Gasteiger partial charge in [-0.25, -0.2) is 4.98 Å². The molecule has 0 aliphatic heterocycles. The van der Waals surface area contributed by atoms with Crippen molar-refractivity contribution in [3.63, 3.8) is 0 Å². The van der Waals surface area contributed by atoms with Gasteiger partial charge in [-0.15, -0.1) is 5.10 Å². The van der Waals surface area contributed by atoms with Gasteiger partial charge in [0.05, 0.1) is 11.4 Å². The number of hydrogen-bond donors (Lipinski definition) is 1. The lowest BCUT2D eigenvalue weighted by Crippen LogP contribution is -2.54. The highest BCUT2D eigenvalue weighted by Crippen LogP contribution is 2.35. The fourth-order valence-electron chi connectivity index (χ4n) is 2.14. The molecule has 1 aliphatic carbocycles. The Morgan fingerprint density at radius 2 is 1.88 bits per heavy atom. The van der Waals surface area contributed by atoms with E-state index in [1.54, 1.807) is 0 Å². The lowest BCUT2D eigenvalue weighted by molar-refractivity contribution is 0.0737. The maximum absolute atomic E-state index is 4.39. The molecule has 94 valence electrons. The standard InChI is InChI=1S/C12H21N5/c1-9-10(2)15-16-11(14-9)13-8-12(17(3)4)6-5-7-12/h5-8H2,1-4H3,(H,13,14,16). The highest BCUT2D eigenvalue weighted by molar-refractivity contribution is 5.26. The van der Waals surface area contributed by atoms with Crippen molar-refractivity contribution in [1.82, 2.24) is 20.1 Å². The second kappa shape index (κ2) is 4.56. The molecular weight excluding hydrogens is 214 g/mol. The summed E-state index contributed by atoms with van der Waals surface area (Å²) in [7, 11) is 4.28. The molecule has 1 N–H and O–H groups in total. The SMILES string of the molecule is Cc1nnc(NCC2(N(C)C)CCC2)nc1C. The number of nitrogens with one attached hydrogen (secondary N) is 1. The molecule has 0 spiro atoms. The van der Waals surface area contributed by atoms with Crippen molar-refractivity contribution in [3.05, 3.63) is 11.4 Å². The first kappa shape index (κ1) is 12.2. The van der Waals surface area contributed by atoms with Gasteiger partial charge in [0.2, 0.25) is 5.95 Å². The van der Waals surface area contributed by atoms with Crippen LogP contribution in [-0.4, -0.2) is 46.3 Å². The Hall–Kier alpha value is -1.23. The van der Waals surface area contributed by atoms with Crippen LogP contribution in [0.25, 0.3) is 0 Å². The van der Waals surface area contributed by atoms with Gasteiger partial charge >= 0.3 is 0 Å². The summed E-state index contributed by atoms with van der Waals surface area (Å²) < 4.78 is 0. The third kappa shape index (κ3) is 2.39. The monoisotopic (exact) mass is 235 g/mol. The summed E-state index contributed by atoms with van der Waals surface area (Å²) >= 11 is 0. The molecule has 0 atom stereocenters. The molecule has 0 unspecified atom stereocenters. The van der Waals surface area contributed by atoms with Gasteiger partial charge in [0.15, 0.2) is 0 Å². The fraction of sp³-hybridized carbons (Fsp3) is 0.750. The molecule has 2 rings (SSSR count). The lowest BCUT2D eigenvalue weighted by Gasteiger charge is -2.47. The largest absolute Gasteiger partial charge is 0.351 e. The molecule has 1 aromatic rings. The summed E-state index contributed by atoms with van der Waals surface area (Å²) in [5.74, 6) is 0.640. The van der Waals surface area contributed by atoms with Crippen molar-refractivity contribution in [1.29, 1.82) is 0 Å². The van der Waals surface area contributed by atoms with Gasteiger partial charge in [-0.2, -0.15) is 5.10 Å². The van der Waals surface area contributed by atoms with Crippen LogP contribution in [0.4, 0.5) is 5.95 Å². The maximum atomic E-state index is 4.39. The van der Waals surface area contributed by atoms with E-state index in [1.165, 1.54) is 19.3 Å². The minimum absolute atomic E-state index is 0.280. The zero-order chi connectivity index (χ0) is 12.5. The van der Waals surface area contributed by atoms with E-state index in [0.717, 1.165) is 17.9 Å². The van der Waals surface area contributed by atoms with Crippen LogP contribution in [0.1, 0.15) is 30.7 Å². The highest BCUT2D eigenvalue weighted by Gasteiger charge is 2.38. The van der Waals surface area contributed by atoms with Gasteiger partial charge in [0, 0.05) is 12.1 Å². The van der Waals surface area contributed by atoms with Crippen LogP contribution in [0.15, 0.2) is 0 Å². The van der Waals surface area contributed by atoms with Crippen molar-refractivity contribution >= 4 is 5.95 Å². The van der Waals surface area contributed by atoms with E-state index in [0.29, 0.717) is 5.95 Å². The Labute approximate surface area is 103 Å². The number of rotatable bonds is 4. The zero-order valence-electron chi connectivity index (χ0n) is 11.1. The second-order valence-electron chi connectivity index (χ2n) is 5.13. The van der Waals surface area contributed by atoms with Crippen LogP contribution in [0.3, 0.4) is 0 Å². The van der Waals surface area contributed by atoms with E-state index in [4.69, 9.17) is 0 Å². The quantitative estimate of drug-likeness (QED) is 0.854. The normalized spacial score (nSPS) is 17.9. The molecular formula is C12H21N5. The molecule has 0 radical (unpaired) electrons. The number of hydrogen-bond acceptors (Lipinski definition) is 5. The van der Waals surface area contributed by atoms with Gasteiger partial charge in [0.1, 0.15) is 0 Å². The van der Waals surface area contributed by atoms with Crippen LogP contribution < -0.4 is 5.32 Å². The summed E-state index contributed by atoms with van der Waals surface area (Å²) in [6.45, 7) is 4.77. The first-order valence-corrected chi connectivity index (χ1v) is 6.13. The maximum Gasteiger partial charge on any atom is 0.243 e. The summed E-state index contributed by atoms with van der Waals surface area (Å²) in [5.41, 5.74) is 2.11. The number of aryl methyl sites for hydroxylation is 2. The number of likely N-dealkylation sites (N-methyl/N-ethyl adjacent to an activating group) is 1. The molecule has 1 aromatic heterocycles. The molecule has 17 heavy (non-hydrogen) atoms. The third-order valence-corrected chi connectivity index (χ3v) is 3.90. The van der Waals surface area contributed by atoms with Crippen LogP contribution in [0.2, 0.25) is 0 Å². The van der Waals surface area contributed by atoms with Gasteiger partial charge in [-0.3, -0.25) is 0 Å².